The number of benzene rings is 1. The molecule has 0 amide bonds. The normalized spacial score (nSPS) is 18.9. The molecule has 0 aliphatic carbocycles. The Kier molecular flexibility index (Phi) is 5.41. The number of halogens is 1. The van der Waals surface area contributed by atoms with Crippen LogP contribution in [0.5, 0.6) is 5.75 Å². The number of nitrogens with zero attached hydrogens (tertiary/aromatic N) is 1. The predicted octanol–water partition coefficient (Wildman–Crippen LogP) is 1.91. The van der Waals surface area contributed by atoms with Crippen LogP contribution in [0, 0.1) is 12.7 Å². The van der Waals surface area contributed by atoms with Gasteiger partial charge in [0, 0.05) is 24.7 Å². The van der Waals surface area contributed by atoms with E-state index in [1.54, 1.807) is 0 Å². The summed E-state index contributed by atoms with van der Waals surface area (Å²) < 4.78 is 46.6. The maximum atomic E-state index is 14.2. The van der Waals surface area contributed by atoms with Crippen LogP contribution in [-0.2, 0) is 10.0 Å². The summed E-state index contributed by atoms with van der Waals surface area (Å²) in [4.78, 5) is 0.0196. The quantitative estimate of drug-likeness (QED) is 0.865. The van der Waals surface area contributed by atoms with Gasteiger partial charge in [0.1, 0.15) is 0 Å². The minimum atomic E-state index is -3.73. The molecule has 1 heterocycles. The van der Waals surface area contributed by atoms with Crippen LogP contribution < -0.4 is 10.1 Å². The number of ether oxygens (including phenoxy) is 1. The van der Waals surface area contributed by atoms with Gasteiger partial charge >= 0.3 is 0 Å². The number of nitrogens with one attached hydrogen (secondary N) is 1. The average Bonchev–Trinajstić information content (AvgIpc) is 3.00. The van der Waals surface area contributed by atoms with E-state index in [0.717, 1.165) is 13.0 Å². The van der Waals surface area contributed by atoms with Gasteiger partial charge in [-0.2, -0.15) is 4.31 Å². The summed E-state index contributed by atoms with van der Waals surface area (Å²) in [5.41, 5.74) is 0.103. The monoisotopic (exact) mass is 330 g/mol. The standard InChI is InChI=1S/C15H23FN2O3S/c1-4-9-18(12-7-8-17-10-12)22(19,20)14-6-5-13(21-3)15(16)11(14)2/h5-6,12,17H,4,7-10H2,1-3H3. The predicted molar refractivity (Wildman–Crippen MR) is 83.1 cm³/mol. The third-order valence-electron chi connectivity index (χ3n) is 3.99. The van der Waals surface area contributed by atoms with Gasteiger partial charge in [-0.25, -0.2) is 12.8 Å². The first kappa shape index (κ1) is 17.2. The molecule has 1 aliphatic heterocycles. The van der Waals surface area contributed by atoms with E-state index in [9.17, 15) is 12.8 Å². The molecule has 1 unspecified atom stereocenters. The Morgan fingerprint density at radius 3 is 2.73 bits per heavy atom. The van der Waals surface area contributed by atoms with E-state index in [1.165, 1.54) is 30.5 Å². The average molecular weight is 330 g/mol. The number of rotatable bonds is 6. The van der Waals surface area contributed by atoms with E-state index < -0.39 is 15.8 Å². The molecule has 124 valence electrons. The van der Waals surface area contributed by atoms with Crippen LogP contribution in [0.2, 0.25) is 0 Å². The number of hydrogen-bond acceptors (Lipinski definition) is 4. The Labute approximate surface area is 131 Å². The van der Waals surface area contributed by atoms with Gasteiger partial charge in [0.2, 0.25) is 10.0 Å². The summed E-state index contributed by atoms with van der Waals surface area (Å²) in [6.45, 7) is 5.28. The lowest BCUT2D eigenvalue weighted by atomic mass is 10.2. The fraction of sp³-hybridized carbons (Fsp3) is 0.600. The molecule has 2 rings (SSSR count). The largest absolute Gasteiger partial charge is 0.494 e. The molecular weight excluding hydrogens is 307 g/mol. The second-order valence-electron chi connectivity index (χ2n) is 5.47. The lowest BCUT2D eigenvalue weighted by molar-refractivity contribution is 0.334. The van der Waals surface area contributed by atoms with Crippen molar-refractivity contribution in [2.45, 2.75) is 37.6 Å². The Bertz CT molecular complexity index is 628. The van der Waals surface area contributed by atoms with E-state index >= 15 is 0 Å². The summed E-state index contributed by atoms with van der Waals surface area (Å²) >= 11 is 0. The molecule has 1 atom stereocenters. The van der Waals surface area contributed by atoms with Gasteiger partial charge in [-0.1, -0.05) is 6.92 Å². The highest BCUT2D eigenvalue weighted by Gasteiger charge is 2.34. The molecule has 0 saturated carbocycles. The van der Waals surface area contributed by atoms with Crippen molar-refractivity contribution in [1.82, 2.24) is 9.62 Å². The first-order valence-electron chi connectivity index (χ1n) is 7.49. The Balaban J connectivity index is 2.45. The van der Waals surface area contributed by atoms with Gasteiger partial charge in [-0.15, -0.1) is 0 Å². The first-order valence-corrected chi connectivity index (χ1v) is 8.93. The van der Waals surface area contributed by atoms with Gasteiger partial charge in [-0.05, 0) is 38.4 Å². The molecular formula is C15H23FN2O3S. The van der Waals surface area contributed by atoms with Crippen LogP contribution in [0.25, 0.3) is 0 Å². The second kappa shape index (κ2) is 6.93. The van der Waals surface area contributed by atoms with Gasteiger partial charge < -0.3 is 10.1 Å². The third-order valence-corrected chi connectivity index (χ3v) is 6.09. The molecule has 0 bridgehead atoms. The van der Waals surface area contributed by atoms with Crippen LogP contribution in [0.1, 0.15) is 25.3 Å². The maximum Gasteiger partial charge on any atom is 0.243 e. The maximum absolute atomic E-state index is 14.2. The first-order chi connectivity index (χ1) is 10.4. The lowest BCUT2D eigenvalue weighted by Gasteiger charge is -2.28. The highest BCUT2D eigenvalue weighted by Crippen LogP contribution is 2.29. The van der Waals surface area contributed by atoms with E-state index in [1.807, 2.05) is 6.92 Å². The third kappa shape index (κ3) is 3.11. The number of methoxy groups -OCH3 is 1. The van der Waals surface area contributed by atoms with Crippen molar-refractivity contribution in [3.05, 3.63) is 23.5 Å². The molecule has 7 heteroatoms. The van der Waals surface area contributed by atoms with Crippen molar-refractivity contribution < 1.29 is 17.5 Å². The van der Waals surface area contributed by atoms with Crippen LogP contribution in [-0.4, -0.2) is 45.5 Å². The zero-order chi connectivity index (χ0) is 16.3. The topological polar surface area (TPSA) is 58.6 Å². The number of sulfonamides is 1. The molecule has 1 saturated heterocycles. The van der Waals surface area contributed by atoms with E-state index in [0.29, 0.717) is 19.5 Å². The van der Waals surface area contributed by atoms with Crippen molar-refractivity contribution in [1.29, 1.82) is 0 Å². The van der Waals surface area contributed by atoms with E-state index in [2.05, 4.69) is 5.32 Å². The molecule has 1 aromatic rings. The summed E-state index contributed by atoms with van der Waals surface area (Å²) in [6.07, 6.45) is 1.49. The van der Waals surface area contributed by atoms with Crippen LogP contribution in [0.4, 0.5) is 4.39 Å². The molecule has 1 aromatic carbocycles. The van der Waals surface area contributed by atoms with Crippen LogP contribution in [0.3, 0.4) is 0 Å². The van der Waals surface area contributed by atoms with Crippen molar-refractivity contribution in [2.75, 3.05) is 26.7 Å². The van der Waals surface area contributed by atoms with Gasteiger partial charge in [0.05, 0.1) is 12.0 Å². The van der Waals surface area contributed by atoms with Crippen molar-refractivity contribution in [3.8, 4) is 5.75 Å². The summed E-state index contributed by atoms with van der Waals surface area (Å²) in [5.74, 6) is -0.564. The van der Waals surface area contributed by atoms with Gasteiger partial charge in [0.25, 0.3) is 0 Å². The molecule has 0 spiro atoms. The number of hydrogen-bond donors (Lipinski definition) is 1. The smallest absolute Gasteiger partial charge is 0.243 e. The molecule has 22 heavy (non-hydrogen) atoms. The molecule has 1 aliphatic rings. The zero-order valence-electron chi connectivity index (χ0n) is 13.2. The van der Waals surface area contributed by atoms with Crippen molar-refractivity contribution in [2.24, 2.45) is 0 Å². The minimum Gasteiger partial charge on any atom is -0.494 e. The molecule has 1 fully saturated rings. The van der Waals surface area contributed by atoms with Crippen molar-refractivity contribution >= 4 is 10.0 Å². The summed E-state index contributed by atoms with van der Waals surface area (Å²) in [6, 6.07) is 2.72. The van der Waals surface area contributed by atoms with E-state index in [-0.39, 0.29) is 22.3 Å². The molecule has 0 aromatic heterocycles. The highest BCUT2D eigenvalue weighted by molar-refractivity contribution is 7.89. The van der Waals surface area contributed by atoms with Crippen LogP contribution >= 0.6 is 0 Å². The molecule has 0 radical (unpaired) electrons. The molecule has 1 N–H and O–H groups in total. The van der Waals surface area contributed by atoms with Gasteiger partial charge in [0.15, 0.2) is 11.6 Å². The highest BCUT2D eigenvalue weighted by atomic mass is 32.2. The Morgan fingerprint density at radius 2 is 2.18 bits per heavy atom. The van der Waals surface area contributed by atoms with Gasteiger partial charge in [-0.3, -0.25) is 0 Å². The zero-order valence-corrected chi connectivity index (χ0v) is 14.0. The fourth-order valence-electron chi connectivity index (χ4n) is 2.81. The lowest BCUT2D eigenvalue weighted by Crippen LogP contribution is -2.42. The Morgan fingerprint density at radius 1 is 1.45 bits per heavy atom. The SMILES string of the molecule is CCCN(C1CCNC1)S(=O)(=O)c1ccc(OC)c(F)c1C. The summed E-state index contributed by atoms with van der Waals surface area (Å²) in [5, 5.41) is 3.18. The van der Waals surface area contributed by atoms with Crippen LogP contribution in [0.15, 0.2) is 17.0 Å². The fourth-order valence-corrected chi connectivity index (χ4v) is 4.78. The minimum absolute atomic E-state index is 0.0196. The summed E-state index contributed by atoms with van der Waals surface area (Å²) in [7, 11) is -2.37. The van der Waals surface area contributed by atoms with E-state index in [4.69, 9.17) is 4.74 Å². The Hall–Kier alpha value is -1.18. The molecule has 5 nitrogen and oxygen atoms in total. The van der Waals surface area contributed by atoms with Crippen molar-refractivity contribution in [3.63, 3.8) is 0 Å². The second-order valence-corrected chi connectivity index (χ2v) is 7.33.